The lowest BCUT2D eigenvalue weighted by Gasteiger charge is -2.20. The molecule has 0 bridgehead atoms. The second-order valence-corrected chi connectivity index (χ2v) is 6.56. The van der Waals surface area contributed by atoms with Crippen molar-refractivity contribution < 1.29 is 14.3 Å². The number of carbonyl (C=O) groups excluding carboxylic acids is 2. The summed E-state index contributed by atoms with van der Waals surface area (Å²) in [6, 6.07) is 26.5. The van der Waals surface area contributed by atoms with Crippen LogP contribution >= 0.6 is 0 Å². The zero-order valence-corrected chi connectivity index (χ0v) is 16.4. The molecule has 0 saturated carbocycles. The predicted octanol–water partition coefficient (Wildman–Crippen LogP) is 4.25. The fourth-order valence-electron chi connectivity index (χ4n) is 2.83. The number of nitrogens with one attached hydrogen (secondary N) is 1. The van der Waals surface area contributed by atoms with Crippen molar-refractivity contribution in [2.45, 2.75) is 20.1 Å². The Kier molecular flexibility index (Phi) is 7.00. The van der Waals surface area contributed by atoms with E-state index >= 15 is 0 Å². The molecule has 3 rings (SSSR count). The highest BCUT2D eigenvalue weighted by Gasteiger charge is 2.20. The summed E-state index contributed by atoms with van der Waals surface area (Å²) in [6.45, 7) is 3.17. The van der Waals surface area contributed by atoms with E-state index in [1.807, 2.05) is 67.6 Å². The van der Waals surface area contributed by atoms with Gasteiger partial charge in [0.25, 0.3) is 0 Å². The number of anilines is 1. The third-order valence-electron chi connectivity index (χ3n) is 4.44. The molecule has 0 atom stereocenters. The van der Waals surface area contributed by atoms with Gasteiger partial charge < -0.3 is 15.0 Å². The van der Waals surface area contributed by atoms with Gasteiger partial charge >= 0.3 is 11.8 Å². The van der Waals surface area contributed by atoms with Crippen LogP contribution in [0, 0.1) is 0 Å². The Morgan fingerprint density at radius 3 is 2.00 bits per heavy atom. The monoisotopic (exact) mass is 388 g/mol. The minimum atomic E-state index is -0.652. The topological polar surface area (TPSA) is 58.6 Å². The zero-order valence-electron chi connectivity index (χ0n) is 16.4. The molecule has 148 valence electrons. The van der Waals surface area contributed by atoms with Crippen molar-refractivity contribution in [2.75, 3.05) is 11.9 Å². The third kappa shape index (κ3) is 5.94. The van der Waals surface area contributed by atoms with Gasteiger partial charge in [-0.3, -0.25) is 9.59 Å². The molecule has 0 aromatic heterocycles. The summed E-state index contributed by atoms with van der Waals surface area (Å²) < 4.78 is 5.73. The molecule has 5 nitrogen and oxygen atoms in total. The molecule has 0 saturated heterocycles. The standard InChI is InChI=1S/C24H24N2O3/c1-2-26(17-19-9-5-3-6-10-19)24(28)23(27)25-21-13-15-22(16-14-21)29-18-20-11-7-4-8-12-20/h3-16H,2,17-18H2,1H3,(H,25,27). The lowest BCUT2D eigenvalue weighted by atomic mass is 10.2. The average Bonchev–Trinajstić information content (AvgIpc) is 2.78. The molecule has 0 aliphatic rings. The lowest BCUT2D eigenvalue weighted by molar-refractivity contribution is -0.143. The fourth-order valence-corrected chi connectivity index (χ4v) is 2.83. The van der Waals surface area contributed by atoms with E-state index in [1.165, 1.54) is 4.90 Å². The summed E-state index contributed by atoms with van der Waals surface area (Å²) in [4.78, 5) is 26.4. The SMILES string of the molecule is CCN(Cc1ccccc1)C(=O)C(=O)Nc1ccc(OCc2ccccc2)cc1. The van der Waals surface area contributed by atoms with E-state index in [0.717, 1.165) is 11.1 Å². The van der Waals surface area contributed by atoms with Gasteiger partial charge in [-0.25, -0.2) is 0 Å². The number of nitrogens with zero attached hydrogens (tertiary/aromatic N) is 1. The van der Waals surface area contributed by atoms with Crippen LogP contribution in [0.3, 0.4) is 0 Å². The molecule has 0 heterocycles. The van der Waals surface area contributed by atoms with Crippen LogP contribution in [0.1, 0.15) is 18.1 Å². The second kappa shape index (κ2) is 10.1. The smallest absolute Gasteiger partial charge is 0.313 e. The molecular formula is C24H24N2O3. The molecule has 29 heavy (non-hydrogen) atoms. The van der Waals surface area contributed by atoms with E-state index in [0.29, 0.717) is 31.1 Å². The molecule has 0 fully saturated rings. The summed E-state index contributed by atoms with van der Waals surface area (Å²) in [7, 11) is 0. The number of rotatable bonds is 7. The van der Waals surface area contributed by atoms with Crippen molar-refractivity contribution in [3.8, 4) is 5.75 Å². The Morgan fingerprint density at radius 2 is 1.41 bits per heavy atom. The van der Waals surface area contributed by atoms with Gasteiger partial charge in [-0.2, -0.15) is 0 Å². The summed E-state index contributed by atoms with van der Waals surface area (Å²) >= 11 is 0. The molecule has 2 amide bonds. The number of hydrogen-bond acceptors (Lipinski definition) is 3. The van der Waals surface area contributed by atoms with E-state index in [4.69, 9.17) is 4.74 Å². The van der Waals surface area contributed by atoms with Gasteiger partial charge in [0.15, 0.2) is 0 Å². The molecule has 5 heteroatoms. The maximum Gasteiger partial charge on any atom is 0.313 e. The Hall–Kier alpha value is -3.60. The quantitative estimate of drug-likeness (QED) is 0.616. The van der Waals surface area contributed by atoms with Crippen LogP contribution in [-0.2, 0) is 22.7 Å². The summed E-state index contributed by atoms with van der Waals surface area (Å²) in [5.41, 5.74) is 2.61. The van der Waals surface area contributed by atoms with E-state index in [2.05, 4.69) is 5.32 Å². The van der Waals surface area contributed by atoms with Gasteiger partial charge in [-0.1, -0.05) is 60.7 Å². The Bertz CT molecular complexity index is 925. The zero-order chi connectivity index (χ0) is 20.5. The molecule has 1 N–H and O–H groups in total. The average molecular weight is 388 g/mol. The first-order valence-corrected chi connectivity index (χ1v) is 9.56. The van der Waals surface area contributed by atoms with Crippen molar-refractivity contribution >= 4 is 17.5 Å². The highest BCUT2D eigenvalue weighted by atomic mass is 16.5. The van der Waals surface area contributed by atoms with Crippen LogP contribution < -0.4 is 10.1 Å². The number of hydrogen-bond donors (Lipinski definition) is 1. The van der Waals surface area contributed by atoms with E-state index in [-0.39, 0.29) is 0 Å². The van der Waals surface area contributed by atoms with Gasteiger partial charge in [0.05, 0.1) is 0 Å². The van der Waals surface area contributed by atoms with Crippen molar-refractivity contribution in [2.24, 2.45) is 0 Å². The normalized spacial score (nSPS) is 10.2. The van der Waals surface area contributed by atoms with Crippen LogP contribution in [-0.4, -0.2) is 23.3 Å². The summed E-state index contributed by atoms with van der Waals surface area (Å²) in [5, 5.41) is 2.66. The van der Waals surface area contributed by atoms with Crippen LogP contribution in [0.25, 0.3) is 0 Å². The molecule has 0 aliphatic heterocycles. The minimum absolute atomic E-state index is 0.399. The van der Waals surface area contributed by atoms with Gasteiger partial charge in [-0.05, 0) is 42.3 Å². The predicted molar refractivity (Wildman–Crippen MR) is 113 cm³/mol. The van der Waals surface area contributed by atoms with Crippen molar-refractivity contribution in [3.63, 3.8) is 0 Å². The number of benzene rings is 3. The lowest BCUT2D eigenvalue weighted by Crippen LogP contribution is -2.39. The van der Waals surface area contributed by atoms with Gasteiger partial charge in [0, 0.05) is 18.8 Å². The summed E-state index contributed by atoms with van der Waals surface area (Å²) in [5.74, 6) is -0.515. The first-order valence-electron chi connectivity index (χ1n) is 9.56. The van der Waals surface area contributed by atoms with Gasteiger partial charge in [0.2, 0.25) is 0 Å². The first-order chi connectivity index (χ1) is 14.2. The molecular weight excluding hydrogens is 364 g/mol. The highest BCUT2D eigenvalue weighted by Crippen LogP contribution is 2.17. The molecule has 0 radical (unpaired) electrons. The second-order valence-electron chi connectivity index (χ2n) is 6.56. The van der Waals surface area contributed by atoms with Crippen LogP contribution in [0.5, 0.6) is 5.75 Å². The molecule has 0 unspecified atom stereocenters. The highest BCUT2D eigenvalue weighted by molar-refractivity contribution is 6.39. The number of likely N-dealkylation sites (N-methyl/N-ethyl adjacent to an activating group) is 1. The Balaban J connectivity index is 1.54. The fraction of sp³-hybridized carbons (Fsp3) is 0.167. The van der Waals surface area contributed by atoms with Crippen molar-refractivity contribution in [1.29, 1.82) is 0 Å². The first kappa shape index (κ1) is 20.1. The maximum absolute atomic E-state index is 12.5. The largest absolute Gasteiger partial charge is 0.489 e. The van der Waals surface area contributed by atoms with Gasteiger partial charge in [-0.15, -0.1) is 0 Å². The van der Waals surface area contributed by atoms with E-state index < -0.39 is 11.8 Å². The summed E-state index contributed by atoms with van der Waals surface area (Å²) in [6.07, 6.45) is 0. The van der Waals surface area contributed by atoms with E-state index in [9.17, 15) is 9.59 Å². The Labute approximate surface area is 170 Å². The van der Waals surface area contributed by atoms with Crippen molar-refractivity contribution in [3.05, 3.63) is 96.1 Å². The number of amides is 2. The number of ether oxygens (including phenoxy) is 1. The molecule has 0 aliphatic carbocycles. The van der Waals surface area contributed by atoms with Crippen LogP contribution in [0.2, 0.25) is 0 Å². The molecule has 3 aromatic rings. The van der Waals surface area contributed by atoms with Crippen LogP contribution in [0.4, 0.5) is 5.69 Å². The van der Waals surface area contributed by atoms with Crippen molar-refractivity contribution in [1.82, 2.24) is 4.90 Å². The number of carbonyl (C=O) groups is 2. The van der Waals surface area contributed by atoms with E-state index in [1.54, 1.807) is 24.3 Å². The third-order valence-corrected chi connectivity index (χ3v) is 4.44. The maximum atomic E-state index is 12.5. The van der Waals surface area contributed by atoms with Crippen LogP contribution in [0.15, 0.2) is 84.9 Å². The minimum Gasteiger partial charge on any atom is -0.489 e. The molecule has 0 spiro atoms. The molecule has 3 aromatic carbocycles. The Morgan fingerprint density at radius 1 is 0.828 bits per heavy atom. The van der Waals surface area contributed by atoms with Gasteiger partial charge in [0.1, 0.15) is 12.4 Å².